The van der Waals surface area contributed by atoms with E-state index in [0.717, 1.165) is 62.0 Å². The van der Waals surface area contributed by atoms with Crippen molar-refractivity contribution in [3.8, 4) is 0 Å². The largest absolute Gasteiger partial charge is 0.462 e. The van der Waals surface area contributed by atoms with E-state index in [1.165, 1.54) is 4.90 Å². The molecule has 0 spiro atoms. The molecule has 3 atom stereocenters. The number of ether oxygens (including phenoxy) is 2. The Balaban J connectivity index is 1.22. The van der Waals surface area contributed by atoms with E-state index in [9.17, 15) is 14.4 Å². The molecule has 3 N–H and O–H groups in total. The number of amidine groups is 1. The van der Waals surface area contributed by atoms with E-state index in [1.807, 2.05) is 35.9 Å². The first-order valence-electron chi connectivity index (χ1n) is 19.3. The number of nitrogens with zero attached hydrogens (tertiary/aromatic N) is 5. The van der Waals surface area contributed by atoms with Gasteiger partial charge in [-0.2, -0.15) is 4.99 Å². The number of nitrogens with two attached hydrogens (primary N) is 1. The van der Waals surface area contributed by atoms with Crippen LogP contribution in [0.3, 0.4) is 0 Å². The number of amides is 2. The zero-order chi connectivity index (χ0) is 38.6. The molecule has 2 amide bonds. The number of aryl methyl sites for hydroxylation is 1. The molecule has 2 heterocycles. The molecule has 288 valence electrons. The Hall–Kier alpha value is -5.26. The summed E-state index contributed by atoms with van der Waals surface area (Å²) >= 11 is 0. The second-order valence-corrected chi connectivity index (χ2v) is 14.6. The lowest BCUT2D eigenvalue weighted by molar-refractivity contribution is -0.155. The van der Waals surface area contributed by atoms with Crippen molar-refractivity contribution in [1.29, 1.82) is 0 Å². The van der Waals surface area contributed by atoms with Crippen molar-refractivity contribution >= 4 is 46.3 Å². The molecule has 0 saturated heterocycles. The molecule has 0 bridgehead atoms. The zero-order valence-electron chi connectivity index (χ0n) is 32.3. The highest BCUT2D eigenvalue weighted by Crippen LogP contribution is 2.35. The standard InChI is InChI=1S/C42H55N7O5/c1-6-7-8-11-24-53-42(52)47-40(43)30-14-17-32(18-15-30)45-27-38-46-34-26-31(16-20-35(34)48(38)5)41(51)49(37-12-9-10-22-44-37)23-21-39(50)54-36-25-29(4)13-19-33(36)28(2)3/h9-10,12,14-18,20,22,26,28-29,33,36,45H,6-8,11,13,19,21,23-25,27H2,1-5H3,(H2,43,47,52)/t29-,33+,36-/m1/s1. The molecule has 0 unspecified atom stereocenters. The van der Waals surface area contributed by atoms with Crippen LogP contribution in [0.4, 0.5) is 16.3 Å². The van der Waals surface area contributed by atoms with Crippen LogP contribution in [0.5, 0.6) is 0 Å². The van der Waals surface area contributed by atoms with Crippen LogP contribution in [0, 0.1) is 17.8 Å². The highest BCUT2D eigenvalue weighted by atomic mass is 16.5. The van der Waals surface area contributed by atoms with Gasteiger partial charge in [-0.15, -0.1) is 0 Å². The fraction of sp³-hybridized carbons (Fsp3) is 0.476. The number of anilines is 2. The Labute approximate surface area is 318 Å². The maximum absolute atomic E-state index is 14.0. The van der Waals surface area contributed by atoms with Crippen LogP contribution in [-0.2, 0) is 27.9 Å². The van der Waals surface area contributed by atoms with Crippen molar-refractivity contribution in [3.63, 3.8) is 0 Å². The average molecular weight is 738 g/mol. The third kappa shape index (κ3) is 10.7. The minimum Gasteiger partial charge on any atom is -0.462 e. The lowest BCUT2D eigenvalue weighted by atomic mass is 9.75. The molecule has 1 aliphatic rings. The smallest absolute Gasteiger partial charge is 0.435 e. The predicted molar refractivity (Wildman–Crippen MR) is 212 cm³/mol. The van der Waals surface area contributed by atoms with Crippen LogP contribution in [0.2, 0.25) is 0 Å². The summed E-state index contributed by atoms with van der Waals surface area (Å²) in [5.74, 6) is 2.04. The zero-order valence-corrected chi connectivity index (χ0v) is 32.3. The van der Waals surface area contributed by atoms with E-state index in [0.29, 0.717) is 53.4 Å². The molecule has 54 heavy (non-hydrogen) atoms. The van der Waals surface area contributed by atoms with Gasteiger partial charge in [-0.05, 0) is 91.6 Å². The van der Waals surface area contributed by atoms with E-state index in [2.05, 4.69) is 43.0 Å². The first kappa shape index (κ1) is 39.9. The van der Waals surface area contributed by atoms with Gasteiger partial charge in [0.15, 0.2) is 0 Å². The number of aromatic nitrogens is 3. The predicted octanol–water partition coefficient (Wildman–Crippen LogP) is 8.04. The number of esters is 1. The van der Waals surface area contributed by atoms with E-state index in [1.54, 1.807) is 42.6 Å². The van der Waals surface area contributed by atoms with Gasteiger partial charge < -0.3 is 25.1 Å². The number of carbonyl (C=O) groups is 3. The molecular weight excluding hydrogens is 683 g/mol. The molecule has 1 saturated carbocycles. The Bertz CT molecular complexity index is 1890. The fourth-order valence-electron chi connectivity index (χ4n) is 7.03. The molecule has 5 rings (SSSR count). The van der Waals surface area contributed by atoms with Crippen LogP contribution in [-0.4, -0.2) is 57.6 Å². The first-order valence-corrected chi connectivity index (χ1v) is 19.3. The maximum atomic E-state index is 14.0. The molecule has 2 aromatic carbocycles. The van der Waals surface area contributed by atoms with Crippen LogP contribution in [0.15, 0.2) is 71.9 Å². The molecular formula is C42H55N7O5. The summed E-state index contributed by atoms with van der Waals surface area (Å²) in [5, 5.41) is 3.38. The molecule has 12 heteroatoms. The number of benzene rings is 2. The highest BCUT2D eigenvalue weighted by molar-refractivity contribution is 6.07. The molecule has 2 aromatic heterocycles. The summed E-state index contributed by atoms with van der Waals surface area (Å²) < 4.78 is 13.2. The van der Waals surface area contributed by atoms with E-state index in [4.69, 9.17) is 20.2 Å². The van der Waals surface area contributed by atoms with Gasteiger partial charge in [0.1, 0.15) is 23.6 Å². The molecule has 0 radical (unpaired) electrons. The molecule has 12 nitrogen and oxygen atoms in total. The average Bonchev–Trinajstić information content (AvgIpc) is 3.48. The number of hydrogen-bond donors (Lipinski definition) is 2. The summed E-state index contributed by atoms with van der Waals surface area (Å²) in [6.07, 6.45) is 8.02. The van der Waals surface area contributed by atoms with Gasteiger partial charge >= 0.3 is 12.1 Å². The van der Waals surface area contributed by atoms with Crippen molar-refractivity contribution in [1.82, 2.24) is 14.5 Å². The van der Waals surface area contributed by atoms with Gasteiger partial charge in [0.2, 0.25) is 0 Å². The quantitative estimate of drug-likeness (QED) is 0.0503. The lowest BCUT2D eigenvalue weighted by Gasteiger charge is -2.36. The Kier molecular flexibility index (Phi) is 14.2. The van der Waals surface area contributed by atoms with E-state index in [-0.39, 0.29) is 36.8 Å². The van der Waals surface area contributed by atoms with Crippen LogP contribution in [0.25, 0.3) is 11.0 Å². The van der Waals surface area contributed by atoms with Crippen LogP contribution < -0.4 is 16.0 Å². The summed E-state index contributed by atoms with van der Waals surface area (Å²) in [6.45, 7) is 9.60. The first-order chi connectivity index (χ1) is 26.0. The SMILES string of the molecule is CCCCCCOC(=O)N=C(N)c1ccc(NCc2nc3cc(C(=O)N(CCC(=O)O[C@@H]4C[C@H](C)CC[C@H]4C(C)C)c4ccccn4)ccc3n2C)cc1. The summed E-state index contributed by atoms with van der Waals surface area (Å²) in [6, 6.07) is 18.1. The maximum Gasteiger partial charge on any atom is 0.435 e. The van der Waals surface area contributed by atoms with Crippen LogP contribution >= 0.6 is 0 Å². The van der Waals surface area contributed by atoms with Gasteiger partial charge in [0.25, 0.3) is 5.91 Å². The minimum absolute atomic E-state index is 0.0613. The minimum atomic E-state index is -0.688. The number of aliphatic imine (C=N–C) groups is 1. The van der Waals surface area contributed by atoms with Crippen molar-refractivity contribution in [2.75, 3.05) is 23.4 Å². The highest BCUT2D eigenvalue weighted by Gasteiger charge is 2.33. The van der Waals surface area contributed by atoms with Gasteiger partial charge in [0, 0.05) is 36.6 Å². The number of carbonyl (C=O) groups excluding carboxylic acids is 3. The third-order valence-electron chi connectivity index (χ3n) is 10.2. The third-order valence-corrected chi connectivity index (χ3v) is 10.2. The number of rotatable bonds is 16. The Morgan fingerprint density at radius 1 is 1.04 bits per heavy atom. The number of fused-ring (bicyclic) bond motifs is 1. The summed E-state index contributed by atoms with van der Waals surface area (Å²) in [7, 11) is 1.93. The molecule has 4 aromatic rings. The number of imidazole rings is 1. The monoisotopic (exact) mass is 737 g/mol. The lowest BCUT2D eigenvalue weighted by Crippen LogP contribution is -2.37. The van der Waals surface area contributed by atoms with Gasteiger partial charge in [-0.3, -0.25) is 14.5 Å². The van der Waals surface area contributed by atoms with E-state index < -0.39 is 6.09 Å². The normalized spacial score (nSPS) is 17.4. The van der Waals surface area contributed by atoms with Gasteiger partial charge in [-0.25, -0.2) is 14.8 Å². The van der Waals surface area contributed by atoms with Crippen molar-refractivity contribution < 1.29 is 23.9 Å². The molecule has 1 fully saturated rings. The second kappa shape index (κ2) is 19.2. The second-order valence-electron chi connectivity index (χ2n) is 14.6. The topological polar surface area (TPSA) is 154 Å². The van der Waals surface area contributed by atoms with Crippen molar-refractivity contribution in [2.24, 2.45) is 35.5 Å². The van der Waals surface area contributed by atoms with Crippen molar-refractivity contribution in [2.45, 2.75) is 91.7 Å². The summed E-state index contributed by atoms with van der Waals surface area (Å²) in [5.41, 5.74) is 9.48. The van der Waals surface area contributed by atoms with Gasteiger partial charge in [0.05, 0.1) is 30.6 Å². The molecule has 0 aliphatic heterocycles. The number of hydrogen-bond acceptors (Lipinski definition) is 8. The Morgan fingerprint density at radius 2 is 1.81 bits per heavy atom. The number of unbranched alkanes of at least 4 members (excludes halogenated alkanes) is 3. The summed E-state index contributed by atoms with van der Waals surface area (Å²) in [4.78, 5) is 53.9. The molecule has 1 aliphatic carbocycles. The number of nitrogens with one attached hydrogen (secondary N) is 1. The fourth-order valence-corrected chi connectivity index (χ4v) is 7.03. The van der Waals surface area contributed by atoms with E-state index >= 15 is 0 Å². The van der Waals surface area contributed by atoms with Crippen LogP contribution in [0.1, 0.15) is 101 Å². The Morgan fingerprint density at radius 3 is 2.54 bits per heavy atom. The van der Waals surface area contributed by atoms with Gasteiger partial charge in [-0.1, -0.05) is 59.4 Å². The number of pyridine rings is 1. The van der Waals surface area contributed by atoms with Crippen molar-refractivity contribution in [3.05, 3.63) is 83.8 Å².